The van der Waals surface area contributed by atoms with Crippen LogP contribution in [-0.4, -0.2) is 15.4 Å². The first kappa shape index (κ1) is 9.73. The summed E-state index contributed by atoms with van der Waals surface area (Å²) in [6.07, 6.45) is 3.17. The Bertz CT molecular complexity index is 463. The Hall–Kier alpha value is -1.81. The maximum atomic E-state index is 11.6. The topological polar surface area (TPSA) is 42.9 Å². The van der Waals surface area contributed by atoms with Crippen LogP contribution in [-0.2, 0) is 0 Å². The third-order valence-corrected chi connectivity index (χ3v) is 2.36. The van der Waals surface area contributed by atoms with E-state index in [4.69, 9.17) is 0 Å². The molecule has 0 fully saturated rings. The van der Waals surface area contributed by atoms with Crippen molar-refractivity contribution in [3.8, 4) is 0 Å². The molecule has 1 heterocycles. The summed E-state index contributed by atoms with van der Waals surface area (Å²) in [6, 6.07) is 9.12. The first-order valence-electron chi connectivity index (χ1n) is 4.41. The Morgan fingerprint density at radius 3 is 2.73 bits per heavy atom. The van der Waals surface area contributed by atoms with E-state index in [1.54, 1.807) is 23.6 Å². The predicted octanol–water partition coefficient (Wildman–Crippen LogP) is 2.43. The third-order valence-electron chi connectivity index (χ3n) is 1.84. The van der Waals surface area contributed by atoms with Crippen molar-refractivity contribution in [2.24, 2.45) is 0 Å². The summed E-state index contributed by atoms with van der Waals surface area (Å²) in [5, 5.41) is 5.60. The fourth-order valence-corrected chi connectivity index (χ4v) is 1.53. The predicted molar refractivity (Wildman–Crippen MR) is 59.7 cm³/mol. The summed E-state index contributed by atoms with van der Waals surface area (Å²) < 4.78 is 3.70. The highest BCUT2D eigenvalue weighted by Gasteiger charge is 1.99. The van der Waals surface area contributed by atoms with Gasteiger partial charge < -0.3 is 0 Å². The summed E-state index contributed by atoms with van der Waals surface area (Å²) in [5.41, 5.74) is 1.39. The number of carbonyl (C=O) groups excluding carboxylic acids is 1. The van der Waals surface area contributed by atoms with Crippen molar-refractivity contribution >= 4 is 23.4 Å². The van der Waals surface area contributed by atoms with Gasteiger partial charge in [0.05, 0.1) is 5.69 Å². The van der Waals surface area contributed by atoms with Crippen LogP contribution in [0.2, 0.25) is 0 Å². The van der Waals surface area contributed by atoms with Crippen molar-refractivity contribution in [1.29, 1.82) is 0 Å². The van der Waals surface area contributed by atoms with Crippen molar-refractivity contribution in [2.45, 2.75) is 0 Å². The van der Waals surface area contributed by atoms with Crippen LogP contribution in [0.25, 0.3) is 6.08 Å². The molecule has 74 valence electrons. The highest BCUT2D eigenvalue weighted by atomic mass is 32.1. The summed E-state index contributed by atoms with van der Waals surface area (Å²) in [7, 11) is 0. The Labute approximate surface area is 91.2 Å². The van der Waals surface area contributed by atoms with Gasteiger partial charge in [-0.05, 0) is 23.7 Å². The summed E-state index contributed by atoms with van der Waals surface area (Å²) in [4.78, 5) is 11.6. The van der Waals surface area contributed by atoms with E-state index in [9.17, 15) is 4.79 Å². The molecule has 1 aromatic heterocycles. The highest BCUT2D eigenvalue weighted by molar-refractivity contribution is 7.03. The molecule has 0 spiro atoms. The zero-order valence-electron chi connectivity index (χ0n) is 7.83. The molecule has 2 rings (SSSR count). The van der Waals surface area contributed by atoms with Gasteiger partial charge in [-0.25, -0.2) is 0 Å². The number of carbonyl (C=O) groups is 1. The van der Waals surface area contributed by atoms with Gasteiger partial charge in [0.15, 0.2) is 5.78 Å². The lowest BCUT2D eigenvalue weighted by Crippen LogP contribution is -1.92. The molecule has 0 aliphatic rings. The van der Waals surface area contributed by atoms with Gasteiger partial charge in [0.25, 0.3) is 0 Å². The number of rotatable bonds is 3. The van der Waals surface area contributed by atoms with Crippen molar-refractivity contribution in [3.05, 3.63) is 53.0 Å². The van der Waals surface area contributed by atoms with Gasteiger partial charge in [0, 0.05) is 10.9 Å². The zero-order chi connectivity index (χ0) is 10.5. The van der Waals surface area contributed by atoms with Crippen LogP contribution < -0.4 is 0 Å². The summed E-state index contributed by atoms with van der Waals surface area (Å²) >= 11 is 1.26. The van der Waals surface area contributed by atoms with Gasteiger partial charge in [0.2, 0.25) is 0 Å². The summed E-state index contributed by atoms with van der Waals surface area (Å²) in [6.45, 7) is 0. The molecule has 0 aliphatic carbocycles. The normalized spacial score (nSPS) is 10.7. The minimum absolute atomic E-state index is 0.0244. The van der Waals surface area contributed by atoms with Gasteiger partial charge in [-0.3, -0.25) is 4.79 Å². The molecule has 0 aliphatic heterocycles. The lowest BCUT2D eigenvalue weighted by molar-refractivity contribution is 0.104. The van der Waals surface area contributed by atoms with Crippen molar-refractivity contribution in [1.82, 2.24) is 9.59 Å². The lowest BCUT2D eigenvalue weighted by Gasteiger charge is -1.92. The number of benzene rings is 1. The van der Waals surface area contributed by atoms with Gasteiger partial charge in [0.1, 0.15) is 0 Å². The van der Waals surface area contributed by atoms with E-state index in [2.05, 4.69) is 9.59 Å². The molecule has 0 saturated carbocycles. The van der Waals surface area contributed by atoms with Crippen LogP contribution in [0.1, 0.15) is 16.1 Å². The van der Waals surface area contributed by atoms with E-state index in [0.717, 1.165) is 0 Å². The first-order chi connectivity index (χ1) is 7.36. The maximum absolute atomic E-state index is 11.6. The largest absolute Gasteiger partial charge is 0.289 e. The van der Waals surface area contributed by atoms with Gasteiger partial charge in [-0.2, -0.15) is 0 Å². The highest BCUT2D eigenvalue weighted by Crippen LogP contribution is 2.04. The SMILES string of the molecule is O=C(/C=C/c1csnn1)c1ccccc1. The maximum Gasteiger partial charge on any atom is 0.185 e. The molecule has 2 aromatic rings. The molecular formula is C11H8N2OS. The molecule has 4 heteroatoms. The average Bonchev–Trinajstić information content (AvgIpc) is 2.80. The number of allylic oxidation sites excluding steroid dienone is 1. The van der Waals surface area contributed by atoms with Crippen LogP contribution in [0.3, 0.4) is 0 Å². The molecule has 0 atom stereocenters. The number of ketones is 1. The second kappa shape index (κ2) is 4.61. The van der Waals surface area contributed by atoms with Crippen molar-refractivity contribution in [2.75, 3.05) is 0 Å². The van der Waals surface area contributed by atoms with Gasteiger partial charge >= 0.3 is 0 Å². The van der Waals surface area contributed by atoms with Gasteiger partial charge in [-0.1, -0.05) is 34.8 Å². The van der Waals surface area contributed by atoms with Crippen LogP contribution in [0.15, 0.2) is 41.8 Å². The van der Waals surface area contributed by atoms with Crippen LogP contribution in [0.4, 0.5) is 0 Å². The van der Waals surface area contributed by atoms with E-state index >= 15 is 0 Å². The Morgan fingerprint density at radius 1 is 1.27 bits per heavy atom. The lowest BCUT2D eigenvalue weighted by atomic mass is 10.1. The number of nitrogens with zero attached hydrogens (tertiary/aromatic N) is 2. The van der Waals surface area contributed by atoms with Gasteiger partial charge in [-0.15, -0.1) is 5.10 Å². The fourth-order valence-electron chi connectivity index (χ4n) is 1.10. The van der Waals surface area contributed by atoms with Crippen LogP contribution >= 0.6 is 11.5 Å². The number of aromatic nitrogens is 2. The van der Waals surface area contributed by atoms with E-state index in [-0.39, 0.29) is 5.78 Å². The van der Waals surface area contributed by atoms with Crippen molar-refractivity contribution in [3.63, 3.8) is 0 Å². The molecule has 1 aromatic carbocycles. The number of hydrogen-bond donors (Lipinski definition) is 0. The average molecular weight is 216 g/mol. The van der Waals surface area contributed by atoms with E-state index in [0.29, 0.717) is 11.3 Å². The number of hydrogen-bond acceptors (Lipinski definition) is 4. The molecule has 0 N–H and O–H groups in total. The first-order valence-corrected chi connectivity index (χ1v) is 5.24. The molecule has 0 saturated heterocycles. The smallest absolute Gasteiger partial charge is 0.185 e. The zero-order valence-corrected chi connectivity index (χ0v) is 8.65. The van der Waals surface area contributed by atoms with E-state index in [1.807, 2.05) is 18.2 Å². The standard InChI is InChI=1S/C11H8N2OS/c14-11(9-4-2-1-3-5-9)7-6-10-8-15-13-12-10/h1-8H/b7-6+. The Balaban J connectivity index is 2.11. The fraction of sp³-hybridized carbons (Fsp3) is 0. The van der Waals surface area contributed by atoms with Crippen molar-refractivity contribution < 1.29 is 4.79 Å². The minimum atomic E-state index is -0.0244. The second-order valence-corrected chi connectivity index (χ2v) is 3.50. The molecule has 0 unspecified atom stereocenters. The minimum Gasteiger partial charge on any atom is -0.289 e. The molecule has 0 bridgehead atoms. The van der Waals surface area contributed by atoms with E-state index < -0.39 is 0 Å². The molecule has 15 heavy (non-hydrogen) atoms. The molecule has 0 amide bonds. The van der Waals surface area contributed by atoms with E-state index in [1.165, 1.54) is 17.6 Å². The van der Waals surface area contributed by atoms with Crippen LogP contribution in [0, 0.1) is 0 Å². The Kier molecular flexibility index (Phi) is 2.99. The monoisotopic (exact) mass is 216 g/mol. The quantitative estimate of drug-likeness (QED) is 0.584. The second-order valence-electron chi connectivity index (χ2n) is 2.89. The van der Waals surface area contributed by atoms with Crippen LogP contribution in [0.5, 0.6) is 0 Å². The third kappa shape index (κ3) is 2.57. The Morgan fingerprint density at radius 2 is 2.07 bits per heavy atom. The molecular weight excluding hydrogens is 208 g/mol. The molecule has 0 radical (unpaired) electrons. The summed E-state index contributed by atoms with van der Waals surface area (Å²) in [5.74, 6) is -0.0244. The molecule has 3 nitrogen and oxygen atoms in total.